The SMILES string of the molecule is CCCSc1nnc(NC(=O)CN(c2ccccc2OC)S(=O)(=O)c2ccc(OC)cc2)s1. The quantitative estimate of drug-likeness (QED) is 0.307. The van der Waals surface area contributed by atoms with Crippen LogP contribution in [0.1, 0.15) is 13.3 Å². The van der Waals surface area contributed by atoms with E-state index in [0.717, 1.165) is 20.8 Å². The monoisotopic (exact) mass is 508 g/mol. The number of rotatable bonds is 11. The van der Waals surface area contributed by atoms with Gasteiger partial charge in [0.05, 0.1) is 24.8 Å². The van der Waals surface area contributed by atoms with Gasteiger partial charge in [-0.15, -0.1) is 10.2 Å². The third-order valence-electron chi connectivity index (χ3n) is 4.37. The molecule has 9 nitrogen and oxygen atoms in total. The molecule has 1 heterocycles. The van der Waals surface area contributed by atoms with E-state index >= 15 is 0 Å². The molecular formula is C21H24N4O5S3. The number of hydrogen-bond acceptors (Lipinski definition) is 9. The van der Waals surface area contributed by atoms with Crippen LogP contribution in [-0.4, -0.2) is 51.0 Å². The maximum Gasteiger partial charge on any atom is 0.264 e. The Labute approximate surface area is 201 Å². The standard InChI is InChI=1S/C21H24N4O5S3/c1-4-13-31-21-24-23-20(32-21)22-19(26)14-25(17-7-5-6-8-18(17)30-3)33(27,28)16-11-9-15(29-2)10-12-16/h5-12H,4,13-14H2,1-3H3,(H,22,23,26). The molecule has 3 aromatic rings. The summed E-state index contributed by atoms with van der Waals surface area (Å²) < 4.78 is 39.3. The molecule has 0 saturated heterocycles. The van der Waals surface area contributed by atoms with Crippen molar-refractivity contribution in [1.82, 2.24) is 10.2 Å². The summed E-state index contributed by atoms with van der Waals surface area (Å²) in [6.07, 6.45) is 0.989. The van der Waals surface area contributed by atoms with Crippen LogP contribution in [0.15, 0.2) is 57.8 Å². The minimum absolute atomic E-state index is 0.0103. The highest BCUT2D eigenvalue weighted by Crippen LogP contribution is 2.33. The van der Waals surface area contributed by atoms with Crippen molar-refractivity contribution in [1.29, 1.82) is 0 Å². The minimum atomic E-state index is -4.11. The lowest BCUT2D eigenvalue weighted by Gasteiger charge is -2.25. The van der Waals surface area contributed by atoms with E-state index in [1.165, 1.54) is 37.7 Å². The van der Waals surface area contributed by atoms with Gasteiger partial charge in [-0.1, -0.05) is 42.2 Å². The summed E-state index contributed by atoms with van der Waals surface area (Å²) in [4.78, 5) is 12.9. The Morgan fingerprint density at radius 3 is 2.48 bits per heavy atom. The van der Waals surface area contributed by atoms with Gasteiger partial charge in [0.15, 0.2) is 4.34 Å². The second-order valence-corrected chi connectivity index (χ2v) is 10.8. The average Bonchev–Trinajstić information content (AvgIpc) is 3.28. The van der Waals surface area contributed by atoms with Gasteiger partial charge in [-0.05, 0) is 42.8 Å². The first-order valence-electron chi connectivity index (χ1n) is 9.95. The number of aromatic nitrogens is 2. The number of nitrogens with zero attached hydrogens (tertiary/aromatic N) is 3. The van der Waals surface area contributed by atoms with Crippen LogP contribution in [0, 0.1) is 0 Å². The minimum Gasteiger partial charge on any atom is -0.497 e. The number of para-hydroxylation sites is 2. The molecule has 12 heteroatoms. The number of amides is 1. The Morgan fingerprint density at radius 1 is 1.09 bits per heavy atom. The maximum atomic E-state index is 13.5. The molecule has 0 spiro atoms. The molecule has 0 aliphatic carbocycles. The first-order valence-corrected chi connectivity index (χ1v) is 13.2. The summed E-state index contributed by atoms with van der Waals surface area (Å²) in [5, 5.41) is 11.0. The molecule has 0 fully saturated rings. The van der Waals surface area contributed by atoms with Crippen molar-refractivity contribution in [2.24, 2.45) is 0 Å². The number of carbonyl (C=O) groups excluding carboxylic acids is 1. The third-order valence-corrected chi connectivity index (χ3v) is 8.32. The van der Waals surface area contributed by atoms with Gasteiger partial charge in [0, 0.05) is 5.75 Å². The Kier molecular flexibility index (Phi) is 8.53. The molecule has 0 atom stereocenters. The number of sulfonamides is 1. The Bertz CT molecular complexity index is 1180. The molecule has 2 aromatic carbocycles. The number of ether oxygens (including phenoxy) is 2. The van der Waals surface area contributed by atoms with Crippen LogP contribution < -0.4 is 19.1 Å². The summed E-state index contributed by atoms with van der Waals surface area (Å²) in [6, 6.07) is 12.6. The van der Waals surface area contributed by atoms with Crippen LogP contribution in [0.2, 0.25) is 0 Å². The zero-order valence-corrected chi connectivity index (χ0v) is 20.8. The van der Waals surface area contributed by atoms with Crippen LogP contribution >= 0.6 is 23.1 Å². The number of benzene rings is 2. The fourth-order valence-electron chi connectivity index (χ4n) is 2.81. The smallest absolute Gasteiger partial charge is 0.264 e. The molecule has 176 valence electrons. The van der Waals surface area contributed by atoms with Crippen molar-refractivity contribution in [3.63, 3.8) is 0 Å². The number of hydrogen-bond donors (Lipinski definition) is 1. The molecule has 33 heavy (non-hydrogen) atoms. The van der Waals surface area contributed by atoms with E-state index < -0.39 is 22.5 Å². The van der Waals surface area contributed by atoms with Crippen molar-refractivity contribution < 1.29 is 22.7 Å². The van der Waals surface area contributed by atoms with Gasteiger partial charge in [0.1, 0.15) is 18.0 Å². The van der Waals surface area contributed by atoms with Crippen LogP contribution in [0.5, 0.6) is 11.5 Å². The van der Waals surface area contributed by atoms with Crippen molar-refractivity contribution >= 4 is 49.8 Å². The normalized spacial score (nSPS) is 11.1. The van der Waals surface area contributed by atoms with E-state index in [-0.39, 0.29) is 10.6 Å². The summed E-state index contributed by atoms with van der Waals surface area (Å²) in [5.74, 6) is 1.17. The van der Waals surface area contributed by atoms with Crippen LogP contribution in [0.3, 0.4) is 0 Å². The van der Waals surface area contributed by atoms with Gasteiger partial charge in [-0.2, -0.15) is 0 Å². The highest BCUT2D eigenvalue weighted by molar-refractivity contribution is 8.01. The number of anilines is 2. The first-order chi connectivity index (χ1) is 15.9. The van der Waals surface area contributed by atoms with Crippen molar-refractivity contribution in [3.8, 4) is 11.5 Å². The predicted molar refractivity (Wildman–Crippen MR) is 130 cm³/mol. The second-order valence-electron chi connectivity index (χ2n) is 6.63. The van der Waals surface area contributed by atoms with Gasteiger partial charge in [0.2, 0.25) is 11.0 Å². The highest BCUT2D eigenvalue weighted by atomic mass is 32.2. The second kappa shape index (κ2) is 11.3. The van der Waals surface area contributed by atoms with Gasteiger partial charge in [-0.3, -0.25) is 14.4 Å². The van der Waals surface area contributed by atoms with E-state index in [0.29, 0.717) is 16.6 Å². The first kappa shape index (κ1) is 24.8. The Hall–Kier alpha value is -2.83. The lowest BCUT2D eigenvalue weighted by atomic mass is 10.3. The molecule has 1 aromatic heterocycles. The van der Waals surface area contributed by atoms with Crippen LogP contribution in [0.4, 0.5) is 10.8 Å². The Morgan fingerprint density at radius 2 is 1.82 bits per heavy atom. The van der Waals surface area contributed by atoms with Crippen molar-refractivity contribution in [2.75, 3.05) is 36.1 Å². The van der Waals surface area contributed by atoms with E-state index in [4.69, 9.17) is 9.47 Å². The molecular weight excluding hydrogens is 484 g/mol. The molecule has 3 rings (SSSR count). The number of carbonyl (C=O) groups is 1. The van der Waals surface area contributed by atoms with Gasteiger partial charge < -0.3 is 9.47 Å². The molecule has 0 unspecified atom stereocenters. The molecule has 1 N–H and O–H groups in total. The third kappa shape index (κ3) is 6.15. The van der Waals surface area contributed by atoms with Gasteiger partial charge in [0.25, 0.3) is 10.0 Å². The number of nitrogens with one attached hydrogen (secondary N) is 1. The fraction of sp³-hybridized carbons (Fsp3) is 0.286. The molecule has 0 radical (unpaired) electrons. The Balaban J connectivity index is 1.90. The molecule has 0 aliphatic rings. The summed E-state index contributed by atoms with van der Waals surface area (Å²) in [5.41, 5.74) is 0.238. The highest BCUT2D eigenvalue weighted by Gasteiger charge is 2.29. The lowest BCUT2D eigenvalue weighted by molar-refractivity contribution is -0.114. The molecule has 0 saturated carbocycles. The summed E-state index contributed by atoms with van der Waals surface area (Å²) in [6.45, 7) is 1.58. The van der Waals surface area contributed by atoms with Gasteiger partial charge >= 0.3 is 0 Å². The summed E-state index contributed by atoms with van der Waals surface area (Å²) in [7, 11) is -1.17. The fourth-order valence-corrected chi connectivity index (χ4v) is 5.93. The van der Waals surface area contributed by atoms with Crippen LogP contribution in [0.25, 0.3) is 0 Å². The van der Waals surface area contributed by atoms with E-state index in [9.17, 15) is 13.2 Å². The van der Waals surface area contributed by atoms with Crippen molar-refractivity contribution in [3.05, 3.63) is 48.5 Å². The average molecular weight is 509 g/mol. The number of thioether (sulfide) groups is 1. The van der Waals surface area contributed by atoms with E-state index in [1.807, 2.05) is 0 Å². The lowest BCUT2D eigenvalue weighted by Crippen LogP contribution is -2.38. The van der Waals surface area contributed by atoms with E-state index in [1.54, 1.807) is 48.2 Å². The zero-order valence-electron chi connectivity index (χ0n) is 18.3. The van der Waals surface area contributed by atoms with Gasteiger partial charge in [-0.25, -0.2) is 8.42 Å². The molecule has 0 aliphatic heterocycles. The zero-order chi connectivity index (χ0) is 23.8. The largest absolute Gasteiger partial charge is 0.497 e. The molecule has 0 bridgehead atoms. The van der Waals surface area contributed by atoms with E-state index in [2.05, 4.69) is 22.4 Å². The number of methoxy groups -OCH3 is 2. The molecule has 1 amide bonds. The topological polar surface area (TPSA) is 111 Å². The predicted octanol–water partition coefficient (Wildman–Crippen LogP) is 3.89. The van der Waals surface area contributed by atoms with Crippen LogP contribution in [-0.2, 0) is 14.8 Å². The summed E-state index contributed by atoms with van der Waals surface area (Å²) >= 11 is 2.79. The van der Waals surface area contributed by atoms with Crippen molar-refractivity contribution in [2.45, 2.75) is 22.6 Å². The maximum absolute atomic E-state index is 13.5.